The van der Waals surface area contributed by atoms with Crippen molar-refractivity contribution in [3.8, 4) is 11.4 Å². The van der Waals surface area contributed by atoms with Gasteiger partial charge < -0.3 is 20.4 Å². The van der Waals surface area contributed by atoms with E-state index >= 15 is 0 Å². The van der Waals surface area contributed by atoms with Crippen LogP contribution in [0.1, 0.15) is 6.42 Å². The lowest BCUT2D eigenvalue weighted by atomic mass is 10.1. The number of hydrogen-bond acceptors (Lipinski definition) is 4. The first-order valence-corrected chi connectivity index (χ1v) is 8.63. The standard InChI is InChI=1S/C19H17F3N4O3/c20-19(21,22)11-29-18(28)23-10-9-16(27)24-13-6-2-1-5-12(13)17-25-14-7-3-4-8-15(14)26-17/h1-8H,9-11H2,(H,23,28)(H,24,27)(H,25,26). The van der Waals surface area contributed by atoms with Gasteiger partial charge in [-0.15, -0.1) is 0 Å². The van der Waals surface area contributed by atoms with Gasteiger partial charge in [-0.3, -0.25) is 4.79 Å². The Kier molecular flexibility index (Phi) is 6.01. The number of rotatable bonds is 6. The number of amides is 2. The van der Waals surface area contributed by atoms with Crippen LogP contribution in [0, 0.1) is 0 Å². The second-order valence-electron chi connectivity index (χ2n) is 6.06. The number of nitrogens with zero attached hydrogens (tertiary/aromatic N) is 1. The lowest BCUT2D eigenvalue weighted by molar-refractivity contribution is -0.160. The zero-order valence-electron chi connectivity index (χ0n) is 15.0. The first kappa shape index (κ1) is 20.2. The zero-order valence-corrected chi connectivity index (χ0v) is 15.0. The molecule has 10 heteroatoms. The number of hydrogen-bond donors (Lipinski definition) is 3. The molecule has 0 bridgehead atoms. The summed E-state index contributed by atoms with van der Waals surface area (Å²) in [6.07, 6.45) is -5.98. The van der Waals surface area contributed by atoms with Gasteiger partial charge in [0.15, 0.2) is 6.61 Å². The average molecular weight is 406 g/mol. The Morgan fingerprint density at radius 3 is 2.55 bits per heavy atom. The summed E-state index contributed by atoms with van der Waals surface area (Å²) in [5.41, 5.74) is 2.82. The van der Waals surface area contributed by atoms with E-state index in [-0.39, 0.29) is 13.0 Å². The molecule has 29 heavy (non-hydrogen) atoms. The van der Waals surface area contributed by atoms with E-state index in [0.717, 1.165) is 11.0 Å². The van der Waals surface area contributed by atoms with E-state index in [1.165, 1.54) is 0 Å². The monoisotopic (exact) mass is 406 g/mol. The van der Waals surface area contributed by atoms with Crippen molar-refractivity contribution in [3.63, 3.8) is 0 Å². The average Bonchev–Trinajstić information content (AvgIpc) is 3.10. The normalized spacial score (nSPS) is 11.3. The maximum atomic E-state index is 12.2. The molecule has 0 fully saturated rings. The van der Waals surface area contributed by atoms with E-state index in [1.54, 1.807) is 24.3 Å². The molecule has 0 unspecified atom stereocenters. The number of imidazole rings is 1. The second kappa shape index (κ2) is 8.63. The number of halogens is 3. The number of aromatic nitrogens is 2. The lowest BCUT2D eigenvalue weighted by Crippen LogP contribution is -2.31. The highest BCUT2D eigenvalue weighted by atomic mass is 19.4. The van der Waals surface area contributed by atoms with Crippen molar-refractivity contribution in [2.45, 2.75) is 12.6 Å². The Labute approximate surface area is 163 Å². The Morgan fingerprint density at radius 2 is 1.79 bits per heavy atom. The summed E-state index contributed by atoms with van der Waals surface area (Å²) < 4.78 is 39.9. The highest BCUT2D eigenvalue weighted by Crippen LogP contribution is 2.27. The number of carbonyl (C=O) groups is 2. The van der Waals surface area contributed by atoms with Crippen LogP contribution in [-0.4, -0.2) is 41.3 Å². The largest absolute Gasteiger partial charge is 0.440 e. The summed E-state index contributed by atoms with van der Waals surface area (Å²) in [6.45, 7) is -1.86. The number of nitrogens with one attached hydrogen (secondary N) is 3. The van der Waals surface area contributed by atoms with E-state index in [9.17, 15) is 22.8 Å². The Hall–Kier alpha value is -3.56. The molecule has 3 aromatic rings. The molecule has 0 aliphatic heterocycles. The quantitative estimate of drug-likeness (QED) is 0.579. The number of benzene rings is 2. The Morgan fingerprint density at radius 1 is 1.07 bits per heavy atom. The highest BCUT2D eigenvalue weighted by molar-refractivity contribution is 5.95. The molecule has 2 amide bonds. The van der Waals surface area contributed by atoms with Crippen LogP contribution in [0.25, 0.3) is 22.4 Å². The molecule has 7 nitrogen and oxygen atoms in total. The molecule has 0 spiro atoms. The van der Waals surface area contributed by atoms with Gasteiger partial charge in [-0.2, -0.15) is 13.2 Å². The molecule has 0 radical (unpaired) electrons. The number of anilines is 1. The molecule has 152 valence electrons. The third-order valence-electron chi connectivity index (χ3n) is 3.83. The third kappa shape index (κ3) is 5.71. The summed E-state index contributed by atoms with van der Waals surface area (Å²) >= 11 is 0. The number of alkyl carbamates (subject to hydrolysis) is 1. The van der Waals surface area contributed by atoms with Crippen molar-refractivity contribution in [2.24, 2.45) is 0 Å². The van der Waals surface area contributed by atoms with E-state index in [4.69, 9.17) is 0 Å². The molecular formula is C19H17F3N4O3. The summed E-state index contributed by atoms with van der Waals surface area (Å²) in [5.74, 6) is 0.153. The van der Waals surface area contributed by atoms with Crippen LogP contribution in [0.5, 0.6) is 0 Å². The molecule has 3 rings (SSSR count). The number of ether oxygens (including phenoxy) is 1. The summed E-state index contributed by atoms with van der Waals surface area (Å²) in [4.78, 5) is 31.0. The topological polar surface area (TPSA) is 96.1 Å². The summed E-state index contributed by atoms with van der Waals surface area (Å²) in [6, 6.07) is 14.5. The number of para-hydroxylation sites is 3. The maximum absolute atomic E-state index is 12.2. The van der Waals surface area contributed by atoms with Gasteiger partial charge in [-0.1, -0.05) is 24.3 Å². The van der Waals surface area contributed by atoms with Crippen LogP contribution in [0.15, 0.2) is 48.5 Å². The first-order chi connectivity index (χ1) is 13.8. The van der Waals surface area contributed by atoms with Crippen LogP contribution >= 0.6 is 0 Å². The fourth-order valence-electron chi connectivity index (χ4n) is 2.57. The number of aromatic amines is 1. The van der Waals surface area contributed by atoms with Gasteiger partial charge in [0.05, 0.1) is 16.7 Å². The van der Waals surface area contributed by atoms with Gasteiger partial charge in [0.2, 0.25) is 5.91 Å². The van der Waals surface area contributed by atoms with Crippen molar-refractivity contribution < 1.29 is 27.5 Å². The molecule has 2 aromatic carbocycles. The zero-order chi connectivity index (χ0) is 20.9. The van der Waals surface area contributed by atoms with Gasteiger partial charge in [-0.05, 0) is 24.3 Å². The predicted molar refractivity (Wildman–Crippen MR) is 100 cm³/mol. The first-order valence-electron chi connectivity index (χ1n) is 8.63. The smallest absolute Gasteiger partial charge is 0.422 e. The van der Waals surface area contributed by atoms with Crippen LogP contribution in [0.3, 0.4) is 0 Å². The summed E-state index contributed by atoms with van der Waals surface area (Å²) in [7, 11) is 0. The van der Waals surface area contributed by atoms with Crippen LogP contribution < -0.4 is 10.6 Å². The lowest BCUT2D eigenvalue weighted by Gasteiger charge is -2.11. The Bertz CT molecular complexity index is 984. The number of H-pyrrole nitrogens is 1. The van der Waals surface area contributed by atoms with Crippen molar-refractivity contribution >= 4 is 28.7 Å². The highest BCUT2D eigenvalue weighted by Gasteiger charge is 2.29. The van der Waals surface area contributed by atoms with Crippen molar-refractivity contribution in [2.75, 3.05) is 18.5 Å². The van der Waals surface area contributed by atoms with Crippen LogP contribution in [0.2, 0.25) is 0 Å². The van der Waals surface area contributed by atoms with Gasteiger partial charge >= 0.3 is 12.3 Å². The SMILES string of the molecule is O=C(CCNC(=O)OCC(F)(F)F)Nc1ccccc1-c1nc2ccccc2[nH]1. The van der Waals surface area contributed by atoms with Crippen LogP contribution in [-0.2, 0) is 9.53 Å². The van der Waals surface area contributed by atoms with Crippen molar-refractivity contribution in [3.05, 3.63) is 48.5 Å². The minimum atomic E-state index is -4.60. The molecule has 1 aromatic heterocycles. The molecule has 0 saturated carbocycles. The minimum absolute atomic E-state index is 0.143. The molecule has 1 heterocycles. The number of carbonyl (C=O) groups excluding carboxylic acids is 2. The summed E-state index contributed by atoms with van der Waals surface area (Å²) in [5, 5.41) is 4.81. The number of alkyl halides is 3. The fourth-order valence-corrected chi connectivity index (χ4v) is 2.57. The molecule has 0 atom stereocenters. The van der Waals surface area contributed by atoms with Crippen LogP contribution in [0.4, 0.5) is 23.7 Å². The predicted octanol–water partition coefficient (Wildman–Crippen LogP) is 3.85. The van der Waals surface area contributed by atoms with E-state index < -0.39 is 24.8 Å². The van der Waals surface area contributed by atoms with E-state index in [0.29, 0.717) is 17.1 Å². The second-order valence-corrected chi connectivity index (χ2v) is 6.06. The molecule has 3 N–H and O–H groups in total. The number of fused-ring (bicyclic) bond motifs is 1. The van der Waals surface area contributed by atoms with Gasteiger partial charge in [0.25, 0.3) is 0 Å². The van der Waals surface area contributed by atoms with E-state index in [2.05, 4.69) is 25.3 Å². The molecule has 0 saturated heterocycles. The molecule has 0 aliphatic rings. The molecule has 0 aliphatic carbocycles. The maximum Gasteiger partial charge on any atom is 0.422 e. The molecular weight excluding hydrogens is 389 g/mol. The fraction of sp³-hybridized carbons (Fsp3) is 0.211. The van der Waals surface area contributed by atoms with Crippen molar-refractivity contribution in [1.82, 2.24) is 15.3 Å². The van der Waals surface area contributed by atoms with E-state index in [1.807, 2.05) is 24.3 Å². The van der Waals surface area contributed by atoms with Crippen molar-refractivity contribution in [1.29, 1.82) is 0 Å². The van der Waals surface area contributed by atoms with Gasteiger partial charge in [-0.25, -0.2) is 9.78 Å². The minimum Gasteiger partial charge on any atom is -0.440 e. The third-order valence-corrected chi connectivity index (χ3v) is 3.83. The van der Waals surface area contributed by atoms with Gasteiger partial charge in [0.1, 0.15) is 5.82 Å². The Balaban J connectivity index is 1.58. The van der Waals surface area contributed by atoms with Gasteiger partial charge in [0, 0.05) is 18.5 Å².